The van der Waals surface area contributed by atoms with Crippen molar-refractivity contribution in [1.29, 1.82) is 0 Å². The first kappa shape index (κ1) is 11.8. The highest BCUT2D eigenvalue weighted by atomic mass is 16.5. The Bertz CT molecular complexity index is 318. The summed E-state index contributed by atoms with van der Waals surface area (Å²) in [5.74, 6) is 0.984. The molecule has 0 saturated carbocycles. The highest BCUT2D eigenvalue weighted by molar-refractivity contribution is 5.96. The van der Waals surface area contributed by atoms with Crippen molar-refractivity contribution in [3.05, 3.63) is 29.8 Å². The lowest BCUT2D eigenvalue weighted by molar-refractivity contribution is 0.0979. The monoisotopic (exact) mass is 206 g/mol. The maximum Gasteiger partial charge on any atom is 0.163 e. The average Bonchev–Trinajstić information content (AvgIpc) is 2.27. The van der Waals surface area contributed by atoms with Crippen molar-refractivity contribution in [2.45, 2.75) is 33.1 Å². The number of unbranched alkanes of at least 4 members (excludes halogenated alkanes) is 1. The molecule has 0 amide bonds. The molecular formula is C13H18O2. The summed E-state index contributed by atoms with van der Waals surface area (Å²) in [6.07, 6.45) is 2.64. The maximum absolute atomic E-state index is 11.7. The maximum atomic E-state index is 11.7. The van der Waals surface area contributed by atoms with Crippen molar-refractivity contribution in [1.82, 2.24) is 0 Å². The first-order valence-electron chi connectivity index (χ1n) is 5.54. The van der Waals surface area contributed by atoms with Crippen molar-refractivity contribution in [3.63, 3.8) is 0 Å². The van der Waals surface area contributed by atoms with E-state index < -0.39 is 0 Å². The van der Waals surface area contributed by atoms with Gasteiger partial charge in [-0.15, -0.1) is 0 Å². The standard InChI is InChI=1S/C13H18O2/c1-3-5-9-13(14)11-7-6-8-12(10-11)15-4-2/h6-8,10H,3-5,9H2,1-2H3. The van der Waals surface area contributed by atoms with Gasteiger partial charge in [-0.2, -0.15) is 0 Å². The molecule has 0 heterocycles. The van der Waals surface area contributed by atoms with Crippen molar-refractivity contribution < 1.29 is 9.53 Å². The summed E-state index contributed by atoms with van der Waals surface area (Å²) in [5.41, 5.74) is 0.759. The molecule has 0 atom stereocenters. The highest BCUT2D eigenvalue weighted by Crippen LogP contribution is 2.15. The molecule has 1 aromatic carbocycles. The van der Waals surface area contributed by atoms with Gasteiger partial charge in [-0.25, -0.2) is 0 Å². The van der Waals surface area contributed by atoms with Crippen LogP contribution in [0.5, 0.6) is 5.75 Å². The van der Waals surface area contributed by atoms with E-state index in [1.807, 2.05) is 31.2 Å². The molecule has 0 aliphatic heterocycles. The van der Waals surface area contributed by atoms with Gasteiger partial charge in [-0.3, -0.25) is 4.79 Å². The second-order valence-electron chi connectivity index (χ2n) is 3.49. The number of hydrogen-bond acceptors (Lipinski definition) is 2. The molecule has 0 unspecified atom stereocenters. The lowest BCUT2D eigenvalue weighted by atomic mass is 10.1. The van der Waals surface area contributed by atoms with Crippen LogP contribution in [0.15, 0.2) is 24.3 Å². The van der Waals surface area contributed by atoms with Crippen molar-refractivity contribution in [3.8, 4) is 5.75 Å². The van der Waals surface area contributed by atoms with Gasteiger partial charge in [0.1, 0.15) is 5.75 Å². The van der Waals surface area contributed by atoms with Crippen LogP contribution in [-0.4, -0.2) is 12.4 Å². The van der Waals surface area contributed by atoms with Crippen molar-refractivity contribution in [2.75, 3.05) is 6.61 Å². The van der Waals surface area contributed by atoms with E-state index in [-0.39, 0.29) is 5.78 Å². The van der Waals surface area contributed by atoms with E-state index in [9.17, 15) is 4.79 Å². The average molecular weight is 206 g/mol. The third kappa shape index (κ3) is 3.74. The minimum Gasteiger partial charge on any atom is -0.494 e. The molecule has 15 heavy (non-hydrogen) atoms. The Balaban J connectivity index is 2.67. The first-order chi connectivity index (χ1) is 7.27. The zero-order valence-corrected chi connectivity index (χ0v) is 9.45. The fourth-order valence-corrected chi connectivity index (χ4v) is 1.41. The van der Waals surface area contributed by atoms with Gasteiger partial charge < -0.3 is 4.74 Å². The molecule has 0 fully saturated rings. The van der Waals surface area contributed by atoms with Crippen LogP contribution < -0.4 is 4.74 Å². The number of hydrogen-bond donors (Lipinski definition) is 0. The summed E-state index contributed by atoms with van der Waals surface area (Å²) in [7, 11) is 0. The van der Waals surface area contributed by atoms with Gasteiger partial charge in [0.2, 0.25) is 0 Å². The number of carbonyl (C=O) groups excluding carboxylic acids is 1. The minimum absolute atomic E-state index is 0.207. The van der Waals surface area contributed by atoms with E-state index in [0.717, 1.165) is 24.2 Å². The molecule has 0 aliphatic rings. The van der Waals surface area contributed by atoms with E-state index in [2.05, 4.69) is 6.92 Å². The summed E-state index contributed by atoms with van der Waals surface area (Å²) >= 11 is 0. The van der Waals surface area contributed by atoms with Crippen molar-refractivity contribution >= 4 is 5.78 Å². The second-order valence-corrected chi connectivity index (χ2v) is 3.49. The number of benzene rings is 1. The predicted octanol–water partition coefficient (Wildman–Crippen LogP) is 3.46. The third-order valence-electron chi connectivity index (χ3n) is 2.22. The first-order valence-corrected chi connectivity index (χ1v) is 5.54. The van der Waals surface area contributed by atoms with Crippen LogP contribution in [0, 0.1) is 0 Å². The molecule has 0 bridgehead atoms. The zero-order valence-electron chi connectivity index (χ0n) is 9.45. The van der Waals surface area contributed by atoms with Crippen LogP contribution >= 0.6 is 0 Å². The van der Waals surface area contributed by atoms with Crippen molar-refractivity contribution in [2.24, 2.45) is 0 Å². The Morgan fingerprint density at radius 2 is 2.13 bits per heavy atom. The highest BCUT2D eigenvalue weighted by Gasteiger charge is 2.05. The Morgan fingerprint density at radius 1 is 1.33 bits per heavy atom. The molecule has 1 aromatic rings. The molecule has 0 aliphatic carbocycles. The van der Waals surface area contributed by atoms with Gasteiger partial charge in [-0.05, 0) is 25.5 Å². The van der Waals surface area contributed by atoms with E-state index in [1.54, 1.807) is 0 Å². The Morgan fingerprint density at radius 3 is 2.80 bits per heavy atom. The lowest BCUT2D eigenvalue weighted by Gasteiger charge is -2.05. The van der Waals surface area contributed by atoms with E-state index >= 15 is 0 Å². The molecule has 0 aromatic heterocycles. The van der Waals surface area contributed by atoms with E-state index in [4.69, 9.17) is 4.74 Å². The number of rotatable bonds is 6. The van der Waals surface area contributed by atoms with Crippen LogP contribution in [-0.2, 0) is 0 Å². The smallest absolute Gasteiger partial charge is 0.163 e. The van der Waals surface area contributed by atoms with Gasteiger partial charge in [0.05, 0.1) is 6.61 Å². The molecule has 0 radical (unpaired) electrons. The number of ketones is 1. The minimum atomic E-state index is 0.207. The summed E-state index contributed by atoms with van der Waals surface area (Å²) in [4.78, 5) is 11.7. The Labute approximate surface area is 91.3 Å². The summed E-state index contributed by atoms with van der Waals surface area (Å²) in [6.45, 7) is 4.65. The van der Waals surface area contributed by atoms with Gasteiger partial charge in [0, 0.05) is 12.0 Å². The van der Waals surface area contributed by atoms with Gasteiger partial charge >= 0.3 is 0 Å². The molecule has 0 spiro atoms. The van der Waals surface area contributed by atoms with Gasteiger partial charge in [-0.1, -0.05) is 25.5 Å². The Kier molecular flexibility index (Phi) is 4.88. The third-order valence-corrected chi connectivity index (χ3v) is 2.22. The Hall–Kier alpha value is -1.31. The molecule has 0 N–H and O–H groups in total. The SMILES string of the molecule is CCCCC(=O)c1cccc(OCC)c1. The molecular weight excluding hydrogens is 188 g/mol. The number of Topliss-reactive ketones (excluding diaryl/α,β-unsaturated/α-hetero) is 1. The van der Waals surface area contributed by atoms with E-state index in [1.165, 1.54) is 0 Å². The molecule has 82 valence electrons. The number of ether oxygens (including phenoxy) is 1. The topological polar surface area (TPSA) is 26.3 Å². The summed E-state index contributed by atoms with van der Waals surface area (Å²) < 4.78 is 5.35. The van der Waals surface area contributed by atoms with E-state index in [0.29, 0.717) is 13.0 Å². The molecule has 2 heteroatoms. The quantitative estimate of drug-likeness (QED) is 0.666. The van der Waals surface area contributed by atoms with Crippen LogP contribution in [0.2, 0.25) is 0 Å². The zero-order chi connectivity index (χ0) is 11.1. The fourth-order valence-electron chi connectivity index (χ4n) is 1.41. The largest absolute Gasteiger partial charge is 0.494 e. The molecule has 0 saturated heterocycles. The summed E-state index contributed by atoms with van der Waals surface area (Å²) in [6, 6.07) is 7.41. The van der Waals surface area contributed by atoms with Crippen LogP contribution in [0.25, 0.3) is 0 Å². The molecule has 1 rings (SSSR count). The van der Waals surface area contributed by atoms with Crippen LogP contribution in [0.3, 0.4) is 0 Å². The second kappa shape index (κ2) is 6.23. The predicted molar refractivity (Wildman–Crippen MR) is 61.5 cm³/mol. The van der Waals surface area contributed by atoms with Crippen LogP contribution in [0.4, 0.5) is 0 Å². The van der Waals surface area contributed by atoms with Gasteiger partial charge in [0.25, 0.3) is 0 Å². The molecule has 2 nitrogen and oxygen atoms in total. The number of carbonyl (C=O) groups is 1. The lowest BCUT2D eigenvalue weighted by Crippen LogP contribution is -1.99. The van der Waals surface area contributed by atoms with Crippen LogP contribution in [0.1, 0.15) is 43.5 Å². The normalized spacial score (nSPS) is 10.0. The summed E-state index contributed by atoms with van der Waals surface area (Å²) in [5, 5.41) is 0. The fraction of sp³-hybridized carbons (Fsp3) is 0.462. The van der Waals surface area contributed by atoms with Gasteiger partial charge in [0.15, 0.2) is 5.78 Å².